The van der Waals surface area contributed by atoms with E-state index in [1.165, 1.54) is 11.3 Å². The SMILES string of the molecule is Cc1nnc(NC(=O)c2ccc3nc(C(C)(C)C)cn3n2)s1. The molecule has 1 amide bonds. The van der Waals surface area contributed by atoms with Gasteiger partial charge in [0, 0.05) is 5.41 Å². The Bertz CT molecular complexity index is 845. The van der Waals surface area contributed by atoms with E-state index in [0.717, 1.165) is 10.7 Å². The fourth-order valence-electron chi connectivity index (χ4n) is 1.87. The second-order valence-corrected chi connectivity index (χ2v) is 7.16. The molecule has 0 unspecified atom stereocenters. The van der Waals surface area contributed by atoms with Gasteiger partial charge in [-0.3, -0.25) is 10.1 Å². The van der Waals surface area contributed by atoms with Crippen LogP contribution in [0, 0.1) is 6.92 Å². The van der Waals surface area contributed by atoms with E-state index in [4.69, 9.17) is 0 Å². The van der Waals surface area contributed by atoms with Crippen LogP contribution in [0.25, 0.3) is 5.65 Å². The number of hydrogen-bond acceptors (Lipinski definition) is 6. The molecule has 114 valence electrons. The number of aromatic nitrogens is 5. The van der Waals surface area contributed by atoms with Crippen molar-refractivity contribution >= 4 is 28.0 Å². The van der Waals surface area contributed by atoms with Crippen molar-refractivity contribution in [1.82, 2.24) is 24.8 Å². The summed E-state index contributed by atoms with van der Waals surface area (Å²) in [5.41, 5.74) is 1.88. The summed E-state index contributed by atoms with van der Waals surface area (Å²) in [6.07, 6.45) is 1.85. The lowest BCUT2D eigenvalue weighted by atomic mass is 9.93. The number of hydrogen-bond donors (Lipinski definition) is 1. The Kier molecular flexibility index (Phi) is 3.40. The molecule has 1 N–H and O–H groups in total. The average molecular weight is 316 g/mol. The van der Waals surface area contributed by atoms with Gasteiger partial charge in [-0.15, -0.1) is 10.2 Å². The van der Waals surface area contributed by atoms with Gasteiger partial charge in [0.25, 0.3) is 5.91 Å². The third-order valence-corrected chi connectivity index (χ3v) is 3.82. The predicted molar refractivity (Wildman–Crippen MR) is 84.3 cm³/mol. The van der Waals surface area contributed by atoms with Gasteiger partial charge in [-0.05, 0) is 19.1 Å². The van der Waals surface area contributed by atoms with Gasteiger partial charge in [0.2, 0.25) is 5.13 Å². The van der Waals surface area contributed by atoms with E-state index in [1.54, 1.807) is 16.6 Å². The third-order valence-electron chi connectivity index (χ3n) is 3.07. The quantitative estimate of drug-likeness (QED) is 0.785. The van der Waals surface area contributed by atoms with Crippen LogP contribution < -0.4 is 5.32 Å². The number of nitrogens with zero attached hydrogens (tertiary/aromatic N) is 5. The molecule has 7 nitrogen and oxygen atoms in total. The normalized spacial score (nSPS) is 11.8. The molecule has 8 heteroatoms. The third kappa shape index (κ3) is 2.82. The van der Waals surface area contributed by atoms with Crippen LogP contribution in [0.1, 0.15) is 42.0 Å². The van der Waals surface area contributed by atoms with Crippen molar-refractivity contribution in [3.8, 4) is 0 Å². The molecule has 0 atom stereocenters. The molecular weight excluding hydrogens is 300 g/mol. The first-order valence-electron chi connectivity index (χ1n) is 6.81. The fourth-order valence-corrected chi connectivity index (χ4v) is 2.46. The van der Waals surface area contributed by atoms with Crippen LogP contribution in [0.2, 0.25) is 0 Å². The summed E-state index contributed by atoms with van der Waals surface area (Å²) in [5, 5.41) is 16.0. The van der Waals surface area contributed by atoms with Gasteiger partial charge in [0.05, 0.1) is 11.9 Å². The topological polar surface area (TPSA) is 85.1 Å². The Labute approximate surface area is 131 Å². The van der Waals surface area contributed by atoms with Gasteiger partial charge >= 0.3 is 0 Å². The Balaban J connectivity index is 1.89. The second-order valence-electron chi connectivity index (χ2n) is 5.98. The van der Waals surface area contributed by atoms with Gasteiger partial charge in [-0.2, -0.15) is 5.10 Å². The number of imidazole rings is 1. The number of carbonyl (C=O) groups excluding carboxylic acids is 1. The summed E-state index contributed by atoms with van der Waals surface area (Å²) in [7, 11) is 0. The molecule has 0 saturated heterocycles. The van der Waals surface area contributed by atoms with Crippen LogP contribution in [-0.4, -0.2) is 30.7 Å². The summed E-state index contributed by atoms with van der Waals surface area (Å²) in [4.78, 5) is 16.7. The predicted octanol–water partition coefficient (Wildman–Crippen LogP) is 2.44. The zero-order valence-corrected chi connectivity index (χ0v) is 13.6. The molecule has 3 heterocycles. The Morgan fingerprint density at radius 1 is 1.27 bits per heavy atom. The van der Waals surface area contributed by atoms with Crippen molar-refractivity contribution in [3.05, 3.63) is 34.7 Å². The Hall–Kier alpha value is -2.35. The zero-order chi connectivity index (χ0) is 15.9. The average Bonchev–Trinajstić information content (AvgIpc) is 3.03. The number of amides is 1. The minimum atomic E-state index is -0.316. The minimum Gasteiger partial charge on any atom is -0.295 e. The van der Waals surface area contributed by atoms with Crippen LogP contribution in [0.15, 0.2) is 18.3 Å². The highest BCUT2D eigenvalue weighted by molar-refractivity contribution is 7.15. The van der Waals surface area contributed by atoms with E-state index in [-0.39, 0.29) is 11.3 Å². The highest BCUT2D eigenvalue weighted by Crippen LogP contribution is 2.21. The summed E-state index contributed by atoms with van der Waals surface area (Å²) in [6.45, 7) is 8.08. The molecule has 0 aliphatic heterocycles. The lowest BCUT2D eigenvalue weighted by Crippen LogP contribution is -2.15. The van der Waals surface area contributed by atoms with E-state index in [2.05, 4.69) is 46.4 Å². The fraction of sp³-hybridized carbons (Fsp3) is 0.357. The smallest absolute Gasteiger partial charge is 0.277 e. The van der Waals surface area contributed by atoms with Crippen LogP contribution in [0.5, 0.6) is 0 Å². The van der Waals surface area contributed by atoms with Gasteiger partial charge in [0.15, 0.2) is 5.65 Å². The lowest BCUT2D eigenvalue weighted by Gasteiger charge is -2.13. The molecule has 0 fully saturated rings. The highest BCUT2D eigenvalue weighted by Gasteiger charge is 2.19. The molecule has 0 aliphatic carbocycles. The van der Waals surface area contributed by atoms with Crippen LogP contribution >= 0.6 is 11.3 Å². The van der Waals surface area contributed by atoms with Crippen molar-refractivity contribution in [3.63, 3.8) is 0 Å². The summed E-state index contributed by atoms with van der Waals surface area (Å²) >= 11 is 1.32. The zero-order valence-electron chi connectivity index (χ0n) is 12.8. The molecule has 0 bridgehead atoms. The monoisotopic (exact) mass is 316 g/mol. The van der Waals surface area contributed by atoms with Gasteiger partial charge in [-0.25, -0.2) is 9.50 Å². The first-order valence-corrected chi connectivity index (χ1v) is 7.63. The molecule has 3 aromatic rings. The van der Waals surface area contributed by atoms with Gasteiger partial charge in [-0.1, -0.05) is 32.1 Å². The first-order chi connectivity index (χ1) is 10.3. The maximum absolute atomic E-state index is 12.2. The molecule has 0 radical (unpaired) electrons. The molecule has 3 aromatic heterocycles. The molecule has 0 spiro atoms. The van der Waals surface area contributed by atoms with E-state index < -0.39 is 0 Å². The molecule has 0 aromatic carbocycles. The number of carbonyl (C=O) groups is 1. The van der Waals surface area contributed by atoms with Crippen LogP contribution in [-0.2, 0) is 5.41 Å². The largest absolute Gasteiger partial charge is 0.295 e. The van der Waals surface area contributed by atoms with Gasteiger partial charge in [0.1, 0.15) is 10.7 Å². The van der Waals surface area contributed by atoms with Crippen molar-refractivity contribution in [2.24, 2.45) is 0 Å². The molecular formula is C14H16N6OS. The van der Waals surface area contributed by atoms with Gasteiger partial charge < -0.3 is 0 Å². The second kappa shape index (κ2) is 5.13. The Morgan fingerprint density at radius 3 is 2.68 bits per heavy atom. The highest BCUT2D eigenvalue weighted by atomic mass is 32.1. The standard InChI is InChI=1S/C14H16N6OS/c1-8-17-18-13(22-8)16-12(21)9-5-6-11-15-10(14(2,3)4)7-20(11)19-9/h5-7H,1-4H3,(H,16,18,21). The van der Waals surface area contributed by atoms with E-state index in [1.807, 2.05) is 13.1 Å². The summed E-state index contributed by atoms with van der Waals surface area (Å²) < 4.78 is 1.63. The Morgan fingerprint density at radius 2 is 2.05 bits per heavy atom. The maximum Gasteiger partial charge on any atom is 0.277 e. The number of rotatable bonds is 2. The minimum absolute atomic E-state index is 0.0692. The van der Waals surface area contributed by atoms with Crippen molar-refractivity contribution in [2.75, 3.05) is 5.32 Å². The van der Waals surface area contributed by atoms with Crippen LogP contribution in [0.4, 0.5) is 5.13 Å². The molecule has 3 rings (SSSR count). The van der Waals surface area contributed by atoms with Crippen LogP contribution in [0.3, 0.4) is 0 Å². The summed E-state index contributed by atoms with van der Waals surface area (Å²) in [6, 6.07) is 3.43. The molecule has 0 aliphatic rings. The van der Waals surface area contributed by atoms with Crippen molar-refractivity contribution in [2.45, 2.75) is 33.1 Å². The van der Waals surface area contributed by atoms with E-state index in [9.17, 15) is 4.79 Å². The summed E-state index contributed by atoms with van der Waals surface area (Å²) in [5.74, 6) is -0.316. The number of aryl methyl sites for hydroxylation is 1. The van der Waals surface area contributed by atoms with E-state index >= 15 is 0 Å². The number of nitrogens with one attached hydrogen (secondary N) is 1. The lowest BCUT2D eigenvalue weighted by molar-refractivity contribution is 0.102. The molecule has 22 heavy (non-hydrogen) atoms. The van der Waals surface area contributed by atoms with E-state index in [0.29, 0.717) is 16.5 Å². The number of anilines is 1. The molecule has 0 saturated carbocycles. The number of fused-ring (bicyclic) bond motifs is 1. The van der Waals surface area contributed by atoms with Crippen molar-refractivity contribution in [1.29, 1.82) is 0 Å². The first kappa shape index (κ1) is 14.6. The maximum atomic E-state index is 12.2. The van der Waals surface area contributed by atoms with Crippen molar-refractivity contribution < 1.29 is 4.79 Å².